The highest BCUT2D eigenvalue weighted by Gasteiger charge is 2.24. The van der Waals surface area contributed by atoms with Crippen LogP contribution in [-0.4, -0.2) is 53.8 Å². The zero-order valence-corrected chi connectivity index (χ0v) is 13.8. The van der Waals surface area contributed by atoms with Gasteiger partial charge in [-0.05, 0) is 38.5 Å². The van der Waals surface area contributed by atoms with Gasteiger partial charge in [0.15, 0.2) is 0 Å². The van der Waals surface area contributed by atoms with E-state index in [0.717, 1.165) is 42.9 Å². The first-order chi connectivity index (χ1) is 10.7. The minimum Gasteiger partial charge on any atom is -0.381 e. The first-order valence-electron chi connectivity index (χ1n) is 8.64. The molecule has 2 fully saturated rings. The second-order valence-electron chi connectivity index (χ2n) is 6.59. The van der Waals surface area contributed by atoms with Crippen molar-refractivity contribution < 1.29 is 4.74 Å². The van der Waals surface area contributed by atoms with Crippen LogP contribution in [0.3, 0.4) is 0 Å². The Morgan fingerprint density at radius 3 is 2.77 bits per heavy atom. The molecule has 0 radical (unpaired) electrons. The smallest absolute Gasteiger partial charge is 0.130 e. The van der Waals surface area contributed by atoms with Gasteiger partial charge >= 0.3 is 0 Å². The normalized spacial score (nSPS) is 23.8. The number of aromatic nitrogens is 2. The number of rotatable bonds is 5. The van der Waals surface area contributed by atoms with E-state index >= 15 is 0 Å². The predicted octanol–water partition coefficient (Wildman–Crippen LogP) is 2.26. The fourth-order valence-electron chi connectivity index (χ4n) is 3.45. The van der Waals surface area contributed by atoms with Crippen molar-refractivity contribution in [3.05, 3.63) is 17.6 Å². The van der Waals surface area contributed by atoms with E-state index in [1.165, 1.54) is 38.9 Å². The lowest BCUT2D eigenvalue weighted by atomic mass is 10.0. The third kappa shape index (κ3) is 4.17. The molecule has 1 atom stereocenters. The average Bonchev–Trinajstić information content (AvgIpc) is 3.01. The highest BCUT2D eigenvalue weighted by molar-refractivity contribution is 5.37. The van der Waals surface area contributed by atoms with Crippen LogP contribution in [0.2, 0.25) is 0 Å². The second-order valence-corrected chi connectivity index (χ2v) is 6.59. The lowest BCUT2D eigenvalue weighted by molar-refractivity contribution is 0.154. The van der Waals surface area contributed by atoms with Gasteiger partial charge in [0.05, 0.1) is 6.61 Å². The molecule has 3 rings (SSSR count). The summed E-state index contributed by atoms with van der Waals surface area (Å²) in [6, 6.07) is 2.63. The maximum absolute atomic E-state index is 5.48. The summed E-state index contributed by atoms with van der Waals surface area (Å²) in [6.07, 6.45) is 4.58. The van der Waals surface area contributed by atoms with Crippen LogP contribution in [-0.2, 0) is 11.2 Å². The molecular weight excluding hydrogens is 276 g/mol. The van der Waals surface area contributed by atoms with Gasteiger partial charge in [-0.2, -0.15) is 0 Å². The minimum absolute atomic E-state index is 0.537. The molecule has 2 saturated heterocycles. The van der Waals surface area contributed by atoms with Crippen LogP contribution in [0.5, 0.6) is 0 Å². The van der Waals surface area contributed by atoms with Gasteiger partial charge in [-0.15, -0.1) is 0 Å². The van der Waals surface area contributed by atoms with Crippen LogP contribution in [0.25, 0.3) is 0 Å². The summed E-state index contributed by atoms with van der Waals surface area (Å²) in [5.41, 5.74) is 1.12. The Labute approximate surface area is 133 Å². The molecule has 1 unspecified atom stereocenters. The van der Waals surface area contributed by atoms with Crippen LogP contribution < -0.4 is 5.32 Å². The molecule has 1 N–H and O–H groups in total. The molecule has 0 saturated carbocycles. The van der Waals surface area contributed by atoms with Crippen LogP contribution in [0.4, 0.5) is 5.82 Å². The lowest BCUT2D eigenvalue weighted by Crippen LogP contribution is -2.41. The van der Waals surface area contributed by atoms with E-state index in [1.807, 2.05) is 6.92 Å². The third-order valence-corrected chi connectivity index (χ3v) is 4.73. The summed E-state index contributed by atoms with van der Waals surface area (Å²) in [7, 11) is 0. The Kier molecular flexibility index (Phi) is 5.26. The van der Waals surface area contributed by atoms with Crippen LogP contribution in [0.15, 0.2) is 6.07 Å². The van der Waals surface area contributed by atoms with Gasteiger partial charge in [0.1, 0.15) is 11.6 Å². The van der Waals surface area contributed by atoms with E-state index in [1.54, 1.807) is 0 Å². The number of likely N-dealkylation sites (tertiary alicyclic amines) is 1. The van der Waals surface area contributed by atoms with Crippen molar-refractivity contribution in [2.45, 2.75) is 45.6 Å². The van der Waals surface area contributed by atoms with Gasteiger partial charge in [0.2, 0.25) is 0 Å². The molecule has 0 bridgehead atoms. The number of piperidine rings is 1. The fraction of sp³-hybridized carbons (Fsp3) is 0.765. The lowest BCUT2D eigenvalue weighted by Gasteiger charge is -2.33. The zero-order valence-electron chi connectivity index (χ0n) is 13.8. The molecule has 0 spiro atoms. The van der Waals surface area contributed by atoms with E-state index in [-0.39, 0.29) is 0 Å². The molecule has 5 heteroatoms. The van der Waals surface area contributed by atoms with E-state index in [2.05, 4.69) is 33.2 Å². The summed E-state index contributed by atoms with van der Waals surface area (Å²) < 4.78 is 5.48. The molecule has 2 aliphatic heterocycles. The van der Waals surface area contributed by atoms with Crippen molar-refractivity contribution in [3.8, 4) is 0 Å². The second kappa shape index (κ2) is 7.38. The van der Waals surface area contributed by atoms with Crippen molar-refractivity contribution in [2.24, 2.45) is 5.92 Å². The largest absolute Gasteiger partial charge is 0.381 e. The first-order valence-corrected chi connectivity index (χ1v) is 8.64. The Morgan fingerprint density at radius 1 is 1.27 bits per heavy atom. The van der Waals surface area contributed by atoms with Crippen LogP contribution >= 0.6 is 0 Å². The highest BCUT2D eigenvalue weighted by atomic mass is 16.5. The number of nitrogens with zero attached hydrogens (tertiary/aromatic N) is 3. The molecular formula is C17H28N4O. The summed E-state index contributed by atoms with van der Waals surface area (Å²) in [5.74, 6) is 2.61. The van der Waals surface area contributed by atoms with Crippen LogP contribution in [0.1, 0.15) is 37.7 Å². The molecule has 22 heavy (non-hydrogen) atoms. The molecule has 3 heterocycles. The number of anilines is 1. The van der Waals surface area contributed by atoms with E-state index in [0.29, 0.717) is 6.04 Å². The standard InChI is InChI=1S/C17H28N4O/c1-3-15-10-17(19-13(2)18-15)20-16-4-7-21(8-5-16)11-14-6-9-22-12-14/h10,14,16H,3-9,11-12H2,1-2H3,(H,18,19,20). The van der Waals surface area contributed by atoms with E-state index < -0.39 is 0 Å². The maximum Gasteiger partial charge on any atom is 0.130 e. The van der Waals surface area contributed by atoms with Gasteiger partial charge in [-0.25, -0.2) is 9.97 Å². The number of nitrogens with one attached hydrogen (secondary N) is 1. The molecule has 0 amide bonds. The Hall–Kier alpha value is -1.20. The number of hydrogen-bond donors (Lipinski definition) is 1. The molecule has 1 aromatic rings. The molecule has 0 aliphatic carbocycles. The molecule has 0 aromatic carbocycles. The average molecular weight is 304 g/mol. The summed E-state index contributed by atoms with van der Waals surface area (Å²) in [4.78, 5) is 11.6. The third-order valence-electron chi connectivity index (χ3n) is 4.73. The monoisotopic (exact) mass is 304 g/mol. The van der Waals surface area contributed by atoms with Gasteiger partial charge < -0.3 is 15.0 Å². The van der Waals surface area contributed by atoms with Gasteiger partial charge in [-0.1, -0.05) is 6.92 Å². The van der Waals surface area contributed by atoms with Gasteiger partial charge in [-0.3, -0.25) is 0 Å². The molecule has 122 valence electrons. The van der Waals surface area contributed by atoms with E-state index in [9.17, 15) is 0 Å². The summed E-state index contributed by atoms with van der Waals surface area (Å²) in [5, 5.41) is 3.61. The predicted molar refractivity (Wildman–Crippen MR) is 88.2 cm³/mol. The number of aryl methyl sites for hydroxylation is 2. The minimum atomic E-state index is 0.537. The number of ether oxygens (including phenoxy) is 1. The van der Waals surface area contributed by atoms with Gasteiger partial charge in [0.25, 0.3) is 0 Å². The fourth-order valence-corrected chi connectivity index (χ4v) is 3.45. The zero-order chi connectivity index (χ0) is 15.4. The van der Waals surface area contributed by atoms with Crippen LogP contribution in [0, 0.1) is 12.8 Å². The summed E-state index contributed by atoms with van der Waals surface area (Å²) in [6.45, 7) is 9.58. The number of hydrogen-bond acceptors (Lipinski definition) is 5. The van der Waals surface area contributed by atoms with E-state index in [4.69, 9.17) is 4.74 Å². The topological polar surface area (TPSA) is 50.3 Å². The summed E-state index contributed by atoms with van der Waals surface area (Å²) >= 11 is 0. The first kappa shape index (κ1) is 15.7. The quantitative estimate of drug-likeness (QED) is 0.904. The Bertz CT molecular complexity index is 480. The SMILES string of the molecule is CCc1cc(NC2CCN(CC3CCOC3)CC2)nc(C)n1. The molecule has 2 aliphatic rings. The maximum atomic E-state index is 5.48. The van der Waals surface area contributed by atoms with Crippen molar-refractivity contribution in [1.82, 2.24) is 14.9 Å². The van der Waals surface area contributed by atoms with Crippen molar-refractivity contribution in [1.29, 1.82) is 0 Å². The Morgan fingerprint density at radius 2 is 2.09 bits per heavy atom. The Balaban J connectivity index is 1.48. The van der Waals surface area contributed by atoms with Crippen molar-refractivity contribution in [2.75, 3.05) is 38.2 Å². The van der Waals surface area contributed by atoms with Crippen molar-refractivity contribution >= 4 is 5.82 Å². The highest BCUT2D eigenvalue weighted by Crippen LogP contribution is 2.20. The van der Waals surface area contributed by atoms with Crippen molar-refractivity contribution in [3.63, 3.8) is 0 Å². The molecule has 1 aromatic heterocycles. The molecule has 5 nitrogen and oxygen atoms in total. The van der Waals surface area contributed by atoms with Gasteiger partial charge in [0, 0.05) is 44.0 Å².